The number of hydrogen-bond acceptors (Lipinski definition) is 8. The Balaban J connectivity index is 1.30. The highest BCUT2D eigenvalue weighted by atomic mass is 16.5. The Hall–Kier alpha value is -4.14. The standard InChI is InChI=1S/C26H28N4O5/c1-18(31)20-6-10-23(24(16-20)34-3)35-17-26(32)30-14-12-29(13-15-30)25-11-9-22(27-28-25)19-4-7-21(33-2)8-5-19/h4-11,16H,12-15,17H2,1-3H3. The van der Waals surface area contributed by atoms with Crippen LogP contribution < -0.4 is 19.1 Å². The molecule has 0 bridgehead atoms. The summed E-state index contributed by atoms with van der Waals surface area (Å²) in [5.41, 5.74) is 2.28. The largest absolute Gasteiger partial charge is 0.497 e. The molecule has 0 atom stereocenters. The van der Waals surface area contributed by atoms with Crippen LogP contribution in [0.4, 0.5) is 5.82 Å². The van der Waals surface area contributed by atoms with E-state index in [1.165, 1.54) is 14.0 Å². The van der Waals surface area contributed by atoms with Crippen LogP contribution in [-0.4, -0.2) is 73.8 Å². The average molecular weight is 477 g/mol. The number of ketones is 1. The molecule has 9 heteroatoms. The first-order chi connectivity index (χ1) is 17.0. The molecular formula is C26H28N4O5. The molecule has 1 aliphatic rings. The zero-order chi connectivity index (χ0) is 24.8. The van der Waals surface area contributed by atoms with Gasteiger partial charge < -0.3 is 24.0 Å². The first-order valence-corrected chi connectivity index (χ1v) is 11.3. The van der Waals surface area contributed by atoms with Gasteiger partial charge in [-0.2, -0.15) is 0 Å². The second-order valence-electron chi connectivity index (χ2n) is 8.08. The van der Waals surface area contributed by atoms with E-state index in [0.717, 1.165) is 22.8 Å². The number of amides is 1. The second kappa shape index (κ2) is 10.9. The zero-order valence-corrected chi connectivity index (χ0v) is 20.1. The number of carbonyl (C=O) groups is 2. The Kier molecular flexibility index (Phi) is 7.45. The van der Waals surface area contributed by atoms with E-state index in [4.69, 9.17) is 14.2 Å². The van der Waals surface area contributed by atoms with Crippen molar-refractivity contribution in [3.8, 4) is 28.5 Å². The van der Waals surface area contributed by atoms with Crippen LogP contribution in [0.5, 0.6) is 17.2 Å². The molecule has 1 saturated heterocycles. The SMILES string of the molecule is COc1ccc(-c2ccc(N3CCN(C(=O)COc4ccc(C(C)=O)cc4OC)CC3)nn2)cc1. The molecule has 0 aliphatic carbocycles. The molecule has 0 saturated carbocycles. The second-order valence-corrected chi connectivity index (χ2v) is 8.08. The molecule has 2 heterocycles. The molecule has 0 spiro atoms. The fourth-order valence-corrected chi connectivity index (χ4v) is 3.83. The van der Waals surface area contributed by atoms with Crippen molar-refractivity contribution in [3.05, 3.63) is 60.2 Å². The molecule has 1 aliphatic heterocycles. The molecule has 3 aromatic rings. The van der Waals surface area contributed by atoms with Crippen molar-refractivity contribution >= 4 is 17.5 Å². The summed E-state index contributed by atoms with van der Waals surface area (Å²) in [4.78, 5) is 28.1. The van der Waals surface area contributed by atoms with Gasteiger partial charge in [-0.05, 0) is 61.5 Å². The van der Waals surface area contributed by atoms with Crippen LogP contribution in [0.1, 0.15) is 17.3 Å². The number of piperazine rings is 1. The summed E-state index contributed by atoms with van der Waals surface area (Å²) in [5, 5.41) is 8.75. The molecule has 4 rings (SSSR count). The normalized spacial score (nSPS) is 13.3. The third-order valence-corrected chi connectivity index (χ3v) is 5.91. The van der Waals surface area contributed by atoms with Crippen LogP contribution in [0.3, 0.4) is 0 Å². The van der Waals surface area contributed by atoms with Crippen molar-refractivity contribution in [2.45, 2.75) is 6.92 Å². The Labute approximate surface area is 204 Å². The van der Waals surface area contributed by atoms with Crippen LogP contribution >= 0.6 is 0 Å². The van der Waals surface area contributed by atoms with Crippen molar-refractivity contribution in [1.29, 1.82) is 0 Å². The van der Waals surface area contributed by atoms with E-state index in [-0.39, 0.29) is 18.3 Å². The molecule has 9 nitrogen and oxygen atoms in total. The summed E-state index contributed by atoms with van der Waals surface area (Å²) in [6.07, 6.45) is 0. The van der Waals surface area contributed by atoms with Crippen molar-refractivity contribution < 1.29 is 23.8 Å². The summed E-state index contributed by atoms with van der Waals surface area (Å²) < 4.78 is 16.2. The first kappa shape index (κ1) is 24.0. The first-order valence-electron chi connectivity index (χ1n) is 11.3. The Morgan fingerprint density at radius 2 is 1.60 bits per heavy atom. The fraction of sp³-hybridized carbons (Fsp3) is 0.308. The lowest BCUT2D eigenvalue weighted by atomic mass is 10.1. The van der Waals surface area contributed by atoms with Crippen molar-refractivity contribution in [2.24, 2.45) is 0 Å². The van der Waals surface area contributed by atoms with Crippen molar-refractivity contribution in [1.82, 2.24) is 15.1 Å². The van der Waals surface area contributed by atoms with Gasteiger partial charge in [-0.15, -0.1) is 10.2 Å². The number of ether oxygens (including phenoxy) is 3. The maximum atomic E-state index is 12.7. The summed E-state index contributed by atoms with van der Waals surface area (Å²) in [6, 6.07) is 16.5. The number of Topliss-reactive ketones (excluding diaryl/α,β-unsaturated/α-hetero) is 1. The number of carbonyl (C=O) groups excluding carboxylic acids is 2. The highest BCUT2D eigenvalue weighted by Gasteiger charge is 2.23. The van der Waals surface area contributed by atoms with E-state index in [9.17, 15) is 9.59 Å². The molecule has 1 amide bonds. The number of nitrogens with zero attached hydrogens (tertiary/aromatic N) is 4. The summed E-state index contributed by atoms with van der Waals surface area (Å²) in [6.45, 7) is 3.80. The fourth-order valence-electron chi connectivity index (χ4n) is 3.83. The molecule has 2 aromatic carbocycles. The molecule has 1 aromatic heterocycles. The van der Waals surface area contributed by atoms with Crippen LogP contribution in [0.25, 0.3) is 11.3 Å². The van der Waals surface area contributed by atoms with Gasteiger partial charge in [-0.25, -0.2) is 0 Å². The zero-order valence-electron chi connectivity index (χ0n) is 20.1. The monoisotopic (exact) mass is 476 g/mol. The van der Waals surface area contributed by atoms with Crippen LogP contribution in [0.15, 0.2) is 54.6 Å². The summed E-state index contributed by atoms with van der Waals surface area (Å²) in [5.74, 6) is 2.25. The Bertz CT molecular complexity index is 1170. The van der Waals surface area contributed by atoms with Gasteiger partial charge >= 0.3 is 0 Å². The van der Waals surface area contributed by atoms with Crippen LogP contribution in [0, 0.1) is 0 Å². The molecule has 0 unspecified atom stereocenters. The van der Waals surface area contributed by atoms with Gasteiger partial charge in [0, 0.05) is 37.3 Å². The maximum Gasteiger partial charge on any atom is 0.260 e. The van der Waals surface area contributed by atoms with Crippen LogP contribution in [0.2, 0.25) is 0 Å². The van der Waals surface area contributed by atoms with Gasteiger partial charge in [-0.3, -0.25) is 9.59 Å². The van der Waals surface area contributed by atoms with E-state index in [1.54, 1.807) is 30.2 Å². The Morgan fingerprint density at radius 1 is 0.857 bits per heavy atom. The number of hydrogen-bond donors (Lipinski definition) is 0. The quantitative estimate of drug-likeness (QED) is 0.458. The minimum Gasteiger partial charge on any atom is -0.497 e. The van der Waals surface area contributed by atoms with Gasteiger partial charge in [-0.1, -0.05) is 0 Å². The third-order valence-electron chi connectivity index (χ3n) is 5.91. The molecular weight excluding hydrogens is 448 g/mol. The number of rotatable bonds is 8. The number of benzene rings is 2. The lowest BCUT2D eigenvalue weighted by Crippen LogP contribution is -2.50. The molecule has 0 N–H and O–H groups in total. The van der Waals surface area contributed by atoms with E-state index >= 15 is 0 Å². The number of methoxy groups -OCH3 is 2. The molecule has 182 valence electrons. The van der Waals surface area contributed by atoms with Gasteiger partial charge in [0.05, 0.1) is 19.9 Å². The highest BCUT2D eigenvalue weighted by molar-refractivity contribution is 5.94. The molecule has 35 heavy (non-hydrogen) atoms. The lowest BCUT2D eigenvalue weighted by Gasteiger charge is -2.35. The molecule has 0 radical (unpaired) electrons. The van der Waals surface area contributed by atoms with E-state index < -0.39 is 0 Å². The minimum atomic E-state index is -0.108. The summed E-state index contributed by atoms with van der Waals surface area (Å²) in [7, 11) is 3.13. The highest BCUT2D eigenvalue weighted by Crippen LogP contribution is 2.28. The third kappa shape index (κ3) is 5.68. The van der Waals surface area contributed by atoms with Gasteiger partial charge in [0.2, 0.25) is 0 Å². The van der Waals surface area contributed by atoms with Gasteiger partial charge in [0.15, 0.2) is 29.7 Å². The van der Waals surface area contributed by atoms with Crippen LogP contribution in [-0.2, 0) is 4.79 Å². The van der Waals surface area contributed by atoms with Crippen molar-refractivity contribution in [2.75, 3.05) is 51.9 Å². The maximum absolute atomic E-state index is 12.7. The van der Waals surface area contributed by atoms with Gasteiger partial charge in [0.1, 0.15) is 5.75 Å². The van der Waals surface area contributed by atoms with E-state index in [0.29, 0.717) is 43.2 Å². The topological polar surface area (TPSA) is 94.1 Å². The minimum absolute atomic E-state index is 0.0659. The van der Waals surface area contributed by atoms with Crippen molar-refractivity contribution in [3.63, 3.8) is 0 Å². The number of anilines is 1. The lowest BCUT2D eigenvalue weighted by molar-refractivity contribution is -0.133. The van der Waals surface area contributed by atoms with E-state index in [2.05, 4.69) is 15.1 Å². The predicted molar refractivity (Wildman–Crippen MR) is 131 cm³/mol. The van der Waals surface area contributed by atoms with Gasteiger partial charge in [0.25, 0.3) is 5.91 Å². The number of aromatic nitrogens is 2. The Morgan fingerprint density at radius 3 is 2.20 bits per heavy atom. The average Bonchev–Trinajstić information content (AvgIpc) is 2.91. The van der Waals surface area contributed by atoms with E-state index in [1.807, 2.05) is 36.4 Å². The summed E-state index contributed by atoms with van der Waals surface area (Å²) >= 11 is 0. The smallest absolute Gasteiger partial charge is 0.260 e. The molecule has 1 fully saturated rings. The predicted octanol–water partition coefficient (Wildman–Crippen LogP) is 3.09.